The van der Waals surface area contributed by atoms with Crippen molar-refractivity contribution in [3.8, 4) is 0 Å². The van der Waals surface area contributed by atoms with Crippen molar-refractivity contribution in [2.45, 2.75) is 0 Å². The molecule has 0 bridgehead atoms. The fraction of sp³-hybridized carbons (Fsp3) is 0.300. The fourth-order valence-electron chi connectivity index (χ4n) is 1.61. The van der Waals surface area contributed by atoms with Crippen molar-refractivity contribution in [3.05, 3.63) is 23.8 Å². The van der Waals surface area contributed by atoms with E-state index in [4.69, 9.17) is 5.73 Å². The summed E-state index contributed by atoms with van der Waals surface area (Å²) < 4.78 is 26.4. The van der Waals surface area contributed by atoms with Gasteiger partial charge in [-0.25, -0.2) is 13.6 Å². The van der Waals surface area contributed by atoms with Crippen LogP contribution in [0.2, 0.25) is 0 Å². The second-order valence-corrected chi connectivity index (χ2v) is 3.68. The first-order valence-electron chi connectivity index (χ1n) is 4.78. The van der Waals surface area contributed by atoms with E-state index in [2.05, 4.69) is 0 Å². The molecule has 1 aliphatic heterocycles. The Labute approximate surface area is 91.2 Å². The summed E-state index contributed by atoms with van der Waals surface area (Å²) in [4.78, 5) is 14.4. The van der Waals surface area contributed by atoms with E-state index in [1.807, 2.05) is 0 Å². The zero-order chi connectivity index (χ0) is 11.9. The molecule has 1 heterocycles. The van der Waals surface area contributed by atoms with Gasteiger partial charge in [-0.15, -0.1) is 0 Å². The van der Waals surface area contributed by atoms with Gasteiger partial charge in [0.25, 0.3) is 0 Å². The first-order valence-corrected chi connectivity index (χ1v) is 4.78. The van der Waals surface area contributed by atoms with Crippen LogP contribution in [0.5, 0.6) is 0 Å². The van der Waals surface area contributed by atoms with Crippen LogP contribution in [0.15, 0.2) is 12.1 Å². The lowest BCUT2D eigenvalue weighted by atomic mass is 10.2. The zero-order valence-corrected chi connectivity index (χ0v) is 8.70. The lowest BCUT2D eigenvalue weighted by molar-refractivity contribution is 0.229. The van der Waals surface area contributed by atoms with E-state index in [0.717, 1.165) is 12.1 Å². The maximum absolute atomic E-state index is 13.2. The molecule has 0 atom stereocenters. The van der Waals surface area contributed by atoms with Crippen LogP contribution >= 0.6 is 0 Å². The first-order chi connectivity index (χ1) is 7.50. The molecule has 2 amide bonds. The molecule has 16 heavy (non-hydrogen) atoms. The number of benzene rings is 1. The molecule has 86 valence electrons. The van der Waals surface area contributed by atoms with E-state index >= 15 is 0 Å². The highest BCUT2D eigenvalue weighted by molar-refractivity contribution is 5.94. The minimum Gasteiger partial charge on any atom is -0.394 e. The smallest absolute Gasteiger partial charge is 0.324 e. The van der Waals surface area contributed by atoms with Gasteiger partial charge in [-0.3, -0.25) is 4.90 Å². The first kappa shape index (κ1) is 10.7. The molecule has 1 aromatic rings. The molecular weight excluding hydrogens is 216 g/mol. The van der Waals surface area contributed by atoms with Gasteiger partial charge in [-0.05, 0) is 0 Å². The summed E-state index contributed by atoms with van der Waals surface area (Å²) in [7, 11) is 1.63. The van der Waals surface area contributed by atoms with Crippen molar-refractivity contribution in [2.24, 2.45) is 0 Å². The fourth-order valence-corrected chi connectivity index (χ4v) is 1.61. The molecular formula is C10H11F2N3O. The topological polar surface area (TPSA) is 49.6 Å². The maximum atomic E-state index is 13.2. The van der Waals surface area contributed by atoms with Crippen LogP contribution < -0.4 is 10.6 Å². The number of urea groups is 1. The molecule has 0 aromatic heterocycles. The van der Waals surface area contributed by atoms with Gasteiger partial charge in [-0.2, -0.15) is 0 Å². The van der Waals surface area contributed by atoms with Gasteiger partial charge in [0.05, 0.1) is 5.69 Å². The molecule has 1 aromatic carbocycles. The third kappa shape index (κ3) is 1.56. The predicted molar refractivity (Wildman–Crippen MR) is 56.1 cm³/mol. The van der Waals surface area contributed by atoms with Gasteiger partial charge >= 0.3 is 6.03 Å². The van der Waals surface area contributed by atoms with Crippen molar-refractivity contribution in [3.63, 3.8) is 0 Å². The summed E-state index contributed by atoms with van der Waals surface area (Å²) in [6, 6.07) is 1.86. The number of nitrogen functional groups attached to an aromatic ring is 1. The molecule has 1 fully saturated rings. The number of hydrogen-bond donors (Lipinski definition) is 1. The number of carbonyl (C=O) groups is 1. The monoisotopic (exact) mass is 227 g/mol. The van der Waals surface area contributed by atoms with E-state index in [0.29, 0.717) is 13.1 Å². The van der Waals surface area contributed by atoms with Crippen molar-refractivity contribution in [1.82, 2.24) is 4.90 Å². The zero-order valence-electron chi connectivity index (χ0n) is 8.70. The number of amides is 2. The quantitative estimate of drug-likeness (QED) is 0.737. The van der Waals surface area contributed by atoms with Crippen molar-refractivity contribution in [2.75, 3.05) is 30.8 Å². The summed E-state index contributed by atoms with van der Waals surface area (Å²) in [6.07, 6.45) is 0. The molecule has 2 N–H and O–H groups in total. The van der Waals surface area contributed by atoms with E-state index in [1.165, 1.54) is 9.80 Å². The van der Waals surface area contributed by atoms with Crippen LogP contribution in [0, 0.1) is 11.6 Å². The van der Waals surface area contributed by atoms with Crippen LogP contribution in [-0.4, -0.2) is 31.1 Å². The molecule has 1 aliphatic rings. The molecule has 2 rings (SSSR count). The third-order valence-corrected chi connectivity index (χ3v) is 2.59. The molecule has 0 radical (unpaired) electrons. The SMILES string of the molecule is CN1CCN(c2cc(F)c(N)c(F)c2)C1=O. The summed E-state index contributed by atoms with van der Waals surface area (Å²) in [5.74, 6) is -1.70. The second kappa shape index (κ2) is 3.62. The van der Waals surface area contributed by atoms with Gasteiger partial charge in [0, 0.05) is 32.3 Å². The number of nitrogens with zero attached hydrogens (tertiary/aromatic N) is 2. The van der Waals surface area contributed by atoms with Crippen LogP contribution in [0.4, 0.5) is 25.0 Å². The van der Waals surface area contributed by atoms with E-state index in [9.17, 15) is 13.6 Å². The minimum atomic E-state index is -0.850. The normalized spacial score (nSPS) is 16.1. The van der Waals surface area contributed by atoms with Crippen LogP contribution in [-0.2, 0) is 0 Å². The van der Waals surface area contributed by atoms with Gasteiger partial charge < -0.3 is 10.6 Å². The van der Waals surface area contributed by atoms with Crippen LogP contribution in [0.1, 0.15) is 0 Å². The van der Waals surface area contributed by atoms with Crippen LogP contribution in [0.3, 0.4) is 0 Å². The van der Waals surface area contributed by atoms with Gasteiger partial charge in [0.15, 0.2) is 11.6 Å². The Morgan fingerprint density at radius 3 is 2.25 bits per heavy atom. The molecule has 0 aliphatic carbocycles. The van der Waals surface area contributed by atoms with Gasteiger partial charge in [0.1, 0.15) is 5.69 Å². The summed E-state index contributed by atoms with van der Waals surface area (Å²) in [6.45, 7) is 0.949. The Kier molecular flexibility index (Phi) is 2.41. The maximum Gasteiger partial charge on any atom is 0.324 e. The average molecular weight is 227 g/mol. The summed E-state index contributed by atoms with van der Waals surface area (Å²) in [5, 5.41) is 0. The summed E-state index contributed by atoms with van der Waals surface area (Å²) >= 11 is 0. The number of hydrogen-bond acceptors (Lipinski definition) is 2. The number of anilines is 2. The standard InChI is InChI=1S/C10H11F2N3O/c1-14-2-3-15(10(14)16)6-4-7(11)9(13)8(12)5-6/h4-5H,2-3,13H2,1H3. The Balaban J connectivity index is 2.39. The largest absolute Gasteiger partial charge is 0.394 e. The molecule has 4 nitrogen and oxygen atoms in total. The minimum absolute atomic E-state index is 0.193. The lowest BCUT2D eigenvalue weighted by Crippen LogP contribution is -2.29. The molecule has 0 spiro atoms. The molecule has 0 unspecified atom stereocenters. The van der Waals surface area contributed by atoms with Crippen molar-refractivity contribution in [1.29, 1.82) is 0 Å². The average Bonchev–Trinajstić information content (AvgIpc) is 2.56. The highest BCUT2D eigenvalue weighted by atomic mass is 19.1. The third-order valence-electron chi connectivity index (χ3n) is 2.59. The Morgan fingerprint density at radius 1 is 1.25 bits per heavy atom. The van der Waals surface area contributed by atoms with Gasteiger partial charge in [-0.1, -0.05) is 0 Å². The number of carbonyl (C=O) groups excluding carboxylic acids is 1. The van der Waals surface area contributed by atoms with Crippen LogP contribution in [0.25, 0.3) is 0 Å². The van der Waals surface area contributed by atoms with Crippen molar-refractivity contribution >= 4 is 17.4 Å². The second-order valence-electron chi connectivity index (χ2n) is 3.68. The van der Waals surface area contributed by atoms with E-state index in [1.54, 1.807) is 7.05 Å². The predicted octanol–water partition coefficient (Wildman–Crippen LogP) is 1.42. The molecule has 0 saturated carbocycles. The summed E-state index contributed by atoms with van der Waals surface area (Å²) in [5.41, 5.74) is 4.82. The number of nitrogens with two attached hydrogens (primary N) is 1. The van der Waals surface area contributed by atoms with E-state index < -0.39 is 17.3 Å². The molecule has 1 saturated heterocycles. The highest BCUT2D eigenvalue weighted by Crippen LogP contribution is 2.25. The van der Waals surface area contributed by atoms with Crippen molar-refractivity contribution < 1.29 is 13.6 Å². The Bertz CT molecular complexity index is 427. The number of rotatable bonds is 1. The lowest BCUT2D eigenvalue weighted by Gasteiger charge is -2.16. The molecule has 6 heteroatoms. The van der Waals surface area contributed by atoms with Gasteiger partial charge in [0.2, 0.25) is 0 Å². The Hall–Kier alpha value is -1.85. The highest BCUT2D eigenvalue weighted by Gasteiger charge is 2.27. The Morgan fingerprint density at radius 2 is 1.81 bits per heavy atom. The number of likely N-dealkylation sites (N-methyl/N-ethyl adjacent to an activating group) is 1. The number of halogens is 2. The van der Waals surface area contributed by atoms with E-state index in [-0.39, 0.29) is 11.7 Å².